The summed E-state index contributed by atoms with van der Waals surface area (Å²) in [6.07, 6.45) is 0. The van der Waals surface area contributed by atoms with Crippen molar-refractivity contribution in [3.63, 3.8) is 0 Å². The molecule has 2 aromatic rings. The maximum atomic E-state index is 10.9. The number of likely N-dealkylation sites (N-methyl/N-ethyl adjacent to an activating group) is 1. The maximum Gasteiger partial charge on any atom is 0.123 e. The Labute approximate surface area is 169 Å². The smallest absolute Gasteiger partial charge is 0.123 e. The lowest BCUT2D eigenvalue weighted by Gasteiger charge is -2.28. The number of nitrogens with zero attached hydrogens (tertiary/aromatic N) is 2. The first kappa shape index (κ1) is 20.8. The van der Waals surface area contributed by atoms with Gasteiger partial charge in [0.15, 0.2) is 0 Å². The van der Waals surface area contributed by atoms with Crippen molar-refractivity contribution in [2.45, 2.75) is 45.4 Å². The van der Waals surface area contributed by atoms with E-state index in [0.29, 0.717) is 19.1 Å². The Morgan fingerprint density at radius 2 is 1.86 bits per heavy atom. The second kappa shape index (κ2) is 8.64. The number of aliphatic hydroxyl groups is 1. The van der Waals surface area contributed by atoms with Gasteiger partial charge in [-0.05, 0) is 55.8 Å². The largest absolute Gasteiger partial charge is 0.492 e. The summed E-state index contributed by atoms with van der Waals surface area (Å²) < 4.78 is 5.98. The first-order valence-corrected chi connectivity index (χ1v) is 10.2. The van der Waals surface area contributed by atoms with E-state index in [0.717, 1.165) is 36.5 Å². The van der Waals surface area contributed by atoms with Gasteiger partial charge in [0.25, 0.3) is 0 Å². The van der Waals surface area contributed by atoms with Gasteiger partial charge in [-0.3, -0.25) is 4.90 Å². The van der Waals surface area contributed by atoms with Gasteiger partial charge in [-0.2, -0.15) is 0 Å². The van der Waals surface area contributed by atoms with Crippen LogP contribution in [-0.4, -0.2) is 48.7 Å². The summed E-state index contributed by atoms with van der Waals surface area (Å²) in [6, 6.07) is 15.1. The summed E-state index contributed by atoms with van der Waals surface area (Å²) in [5.74, 6) is 1.49. The molecule has 1 aliphatic heterocycles. The molecule has 0 spiro atoms. The van der Waals surface area contributed by atoms with Crippen LogP contribution in [0.15, 0.2) is 42.5 Å². The molecule has 0 amide bonds. The van der Waals surface area contributed by atoms with Gasteiger partial charge in [0.1, 0.15) is 12.4 Å². The Morgan fingerprint density at radius 3 is 2.50 bits per heavy atom. The van der Waals surface area contributed by atoms with E-state index in [1.807, 2.05) is 38.1 Å². The van der Waals surface area contributed by atoms with Gasteiger partial charge in [-0.15, -0.1) is 0 Å². The Hall–Kier alpha value is -1.88. The zero-order valence-electron chi connectivity index (χ0n) is 17.9. The van der Waals surface area contributed by atoms with Gasteiger partial charge in [-0.25, -0.2) is 0 Å². The van der Waals surface area contributed by atoms with Crippen molar-refractivity contribution in [2.24, 2.45) is 0 Å². The average Bonchev–Trinajstić information content (AvgIpc) is 2.82. The Morgan fingerprint density at radius 1 is 1.14 bits per heavy atom. The standard InChI is InChI=1S/C24H34N2O2/c1-18(2)20-8-6-19(7-9-20)15-26-12-13-28-23-11-10-22(14-21(23)16-26)24(3,27)17-25(4)5/h6-11,14,18,27H,12-13,15-17H2,1-5H3. The highest BCUT2D eigenvalue weighted by molar-refractivity contribution is 5.40. The summed E-state index contributed by atoms with van der Waals surface area (Å²) in [5, 5.41) is 10.9. The molecule has 0 aromatic heterocycles. The van der Waals surface area contributed by atoms with E-state index in [1.165, 1.54) is 11.1 Å². The molecule has 0 fully saturated rings. The van der Waals surface area contributed by atoms with E-state index in [2.05, 4.69) is 49.1 Å². The van der Waals surface area contributed by atoms with Crippen molar-refractivity contribution in [1.82, 2.24) is 9.80 Å². The normalized spacial score (nSPS) is 17.1. The molecule has 0 bridgehead atoms. The van der Waals surface area contributed by atoms with Crippen molar-refractivity contribution in [3.05, 3.63) is 64.7 Å². The number of hydrogen-bond acceptors (Lipinski definition) is 4. The lowest BCUT2D eigenvalue weighted by atomic mass is 9.93. The highest BCUT2D eigenvalue weighted by Gasteiger charge is 2.26. The van der Waals surface area contributed by atoms with Gasteiger partial charge in [-0.1, -0.05) is 44.2 Å². The fraction of sp³-hybridized carbons (Fsp3) is 0.500. The molecule has 2 aromatic carbocycles. The molecule has 28 heavy (non-hydrogen) atoms. The molecule has 0 aliphatic carbocycles. The van der Waals surface area contributed by atoms with Crippen molar-refractivity contribution in [3.8, 4) is 5.75 Å². The van der Waals surface area contributed by atoms with Gasteiger partial charge < -0.3 is 14.7 Å². The predicted molar refractivity (Wildman–Crippen MR) is 115 cm³/mol. The van der Waals surface area contributed by atoms with Crippen molar-refractivity contribution in [1.29, 1.82) is 0 Å². The van der Waals surface area contributed by atoms with Crippen molar-refractivity contribution >= 4 is 0 Å². The fourth-order valence-electron chi connectivity index (χ4n) is 3.89. The molecule has 4 nitrogen and oxygen atoms in total. The molecular weight excluding hydrogens is 348 g/mol. The van der Waals surface area contributed by atoms with Crippen LogP contribution in [0, 0.1) is 0 Å². The minimum absolute atomic E-state index is 0.556. The van der Waals surface area contributed by atoms with E-state index in [-0.39, 0.29) is 0 Å². The van der Waals surface area contributed by atoms with Gasteiger partial charge in [0.2, 0.25) is 0 Å². The topological polar surface area (TPSA) is 35.9 Å². The van der Waals surface area contributed by atoms with Crippen molar-refractivity contribution < 1.29 is 9.84 Å². The molecule has 152 valence electrons. The molecule has 4 heteroatoms. The molecule has 0 saturated heterocycles. The van der Waals surface area contributed by atoms with Crippen LogP contribution in [0.25, 0.3) is 0 Å². The summed E-state index contributed by atoms with van der Waals surface area (Å²) in [7, 11) is 3.96. The van der Waals surface area contributed by atoms with Crippen LogP contribution in [-0.2, 0) is 18.7 Å². The third-order valence-electron chi connectivity index (χ3n) is 5.42. The quantitative estimate of drug-likeness (QED) is 0.820. The van der Waals surface area contributed by atoms with E-state index in [4.69, 9.17) is 4.74 Å². The van der Waals surface area contributed by atoms with Gasteiger partial charge in [0, 0.05) is 31.7 Å². The first-order chi connectivity index (χ1) is 13.2. The average molecular weight is 383 g/mol. The number of rotatable bonds is 6. The molecule has 1 aliphatic rings. The van der Waals surface area contributed by atoms with Crippen LogP contribution < -0.4 is 4.74 Å². The third kappa shape index (κ3) is 5.13. The second-order valence-electron chi connectivity index (χ2n) is 8.79. The number of hydrogen-bond donors (Lipinski definition) is 1. The highest BCUT2D eigenvalue weighted by atomic mass is 16.5. The zero-order chi connectivity index (χ0) is 20.3. The Kier molecular flexibility index (Phi) is 6.43. The van der Waals surface area contributed by atoms with E-state index in [9.17, 15) is 5.11 Å². The molecular formula is C24H34N2O2. The van der Waals surface area contributed by atoms with Crippen LogP contribution in [0.5, 0.6) is 5.75 Å². The lowest BCUT2D eigenvalue weighted by molar-refractivity contribution is 0.0299. The molecule has 1 atom stereocenters. The van der Waals surface area contributed by atoms with Crippen molar-refractivity contribution in [2.75, 3.05) is 33.8 Å². The zero-order valence-corrected chi connectivity index (χ0v) is 17.9. The minimum Gasteiger partial charge on any atom is -0.492 e. The summed E-state index contributed by atoms with van der Waals surface area (Å²) in [4.78, 5) is 4.43. The number of benzene rings is 2. The van der Waals surface area contributed by atoms with Crippen LogP contribution in [0.3, 0.4) is 0 Å². The summed E-state index contributed by atoms with van der Waals surface area (Å²) >= 11 is 0. The van der Waals surface area contributed by atoms with Crippen LogP contribution >= 0.6 is 0 Å². The SMILES string of the molecule is CC(C)c1ccc(CN2CCOc3ccc(C(C)(O)CN(C)C)cc3C2)cc1. The predicted octanol–water partition coefficient (Wildman–Crippen LogP) is 3.97. The lowest BCUT2D eigenvalue weighted by Crippen LogP contribution is -2.34. The van der Waals surface area contributed by atoms with Crippen LogP contribution in [0.4, 0.5) is 0 Å². The van der Waals surface area contributed by atoms with Crippen LogP contribution in [0.1, 0.15) is 48.9 Å². The molecule has 3 rings (SSSR count). The first-order valence-electron chi connectivity index (χ1n) is 10.2. The molecule has 1 unspecified atom stereocenters. The molecule has 1 N–H and O–H groups in total. The van der Waals surface area contributed by atoms with E-state index < -0.39 is 5.60 Å². The summed E-state index contributed by atoms with van der Waals surface area (Å²) in [6.45, 7) is 10.2. The molecule has 0 saturated carbocycles. The Balaban J connectivity index is 1.76. The van der Waals surface area contributed by atoms with Gasteiger partial charge in [0.05, 0.1) is 5.60 Å². The third-order valence-corrected chi connectivity index (χ3v) is 5.42. The molecule has 1 heterocycles. The van der Waals surface area contributed by atoms with E-state index >= 15 is 0 Å². The molecule has 0 radical (unpaired) electrons. The van der Waals surface area contributed by atoms with E-state index in [1.54, 1.807) is 0 Å². The number of fused-ring (bicyclic) bond motifs is 1. The number of ether oxygens (including phenoxy) is 1. The fourth-order valence-corrected chi connectivity index (χ4v) is 3.89. The second-order valence-corrected chi connectivity index (χ2v) is 8.79. The monoisotopic (exact) mass is 382 g/mol. The summed E-state index contributed by atoms with van der Waals surface area (Å²) in [5.41, 5.74) is 3.90. The minimum atomic E-state index is -0.887. The highest BCUT2D eigenvalue weighted by Crippen LogP contribution is 2.30. The van der Waals surface area contributed by atoms with Crippen LogP contribution in [0.2, 0.25) is 0 Å². The van der Waals surface area contributed by atoms with Gasteiger partial charge >= 0.3 is 0 Å². The maximum absolute atomic E-state index is 10.9. The Bertz CT molecular complexity index is 782.